The highest BCUT2D eigenvalue weighted by molar-refractivity contribution is 6.30. The van der Waals surface area contributed by atoms with Crippen molar-refractivity contribution in [2.24, 2.45) is 11.1 Å². The molecule has 0 saturated carbocycles. The van der Waals surface area contributed by atoms with E-state index in [2.05, 4.69) is 26.1 Å². The molecule has 0 bridgehead atoms. The van der Waals surface area contributed by atoms with Crippen molar-refractivity contribution in [3.05, 3.63) is 34.9 Å². The van der Waals surface area contributed by atoms with Crippen LogP contribution < -0.4 is 11.1 Å². The largest absolute Gasteiger partial charge is 0.348 e. The molecule has 3 nitrogen and oxygen atoms in total. The van der Waals surface area contributed by atoms with Crippen LogP contribution in [0.3, 0.4) is 0 Å². The van der Waals surface area contributed by atoms with Crippen molar-refractivity contribution in [1.29, 1.82) is 0 Å². The van der Waals surface area contributed by atoms with Crippen molar-refractivity contribution in [2.75, 3.05) is 6.54 Å². The number of hydrogen-bond acceptors (Lipinski definition) is 2. The Kier molecular flexibility index (Phi) is 5.17. The lowest BCUT2D eigenvalue weighted by molar-refractivity contribution is -0.120. The van der Waals surface area contributed by atoms with E-state index in [1.54, 1.807) is 0 Å². The lowest BCUT2D eigenvalue weighted by atomic mass is 9.85. The summed E-state index contributed by atoms with van der Waals surface area (Å²) in [5.74, 6) is -0.140. The molecule has 0 heterocycles. The van der Waals surface area contributed by atoms with Gasteiger partial charge in [0, 0.05) is 5.02 Å². The van der Waals surface area contributed by atoms with Crippen molar-refractivity contribution >= 4 is 17.5 Å². The van der Waals surface area contributed by atoms with Gasteiger partial charge in [-0.2, -0.15) is 0 Å². The first kappa shape index (κ1) is 15.0. The Labute approximate surface area is 114 Å². The number of rotatable bonds is 4. The van der Waals surface area contributed by atoms with Crippen LogP contribution in [-0.2, 0) is 4.79 Å². The summed E-state index contributed by atoms with van der Waals surface area (Å²) in [5, 5.41) is 3.64. The van der Waals surface area contributed by atoms with E-state index in [0.717, 1.165) is 12.0 Å². The molecule has 4 heteroatoms. The van der Waals surface area contributed by atoms with Crippen molar-refractivity contribution in [3.8, 4) is 0 Å². The summed E-state index contributed by atoms with van der Waals surface area (Å²) in [6, 6.07) is 7.52. The van der Waals surface area contributed by atoms with Gasteiger partial charge in [-0.3, -0.25) is 4.79 Å². The summed E-state index contributed by atoms with van der Waals surface area (Å²) in [6.45, 7) is 6.44. The fraction of sp³-hybridized carbons (Fsp3) is 0.500. The standard InChI is InChI=1S/C14H21ClN2O/c1-14(2,3)8-12(17-13(18)9-16)10-4-6-11(15)7-5-10/h4-7,12H,8-9,16H2,1-3H3,(H,17,18). The molecular weight excluding hydrogens is 248 g/mol. The maximum atomic E-state index is 11.5. The molecule has 0 aromatic heterocycles. The minimum absolute atomic E-state index is 0.00817. The monoisotopic (exact) mass is 268 g/mol. The van der Waals surface area contributed by atoms with Gasteiger partial charge in [0.2, 0.25) is 5.91 Å². The molecule has 1 atom stereocenters. The van der Waals surface area contributed by atoms with Crippen LogP contribution in [0.4, 0.5) is 0 Å². The van der Waals surface area contributed by atoms with Crippen molar-refractivity contribution in [2.45, 2.75) is 33.2 Å². The fourth-order valence-corrected chi connectivity index (χ4v) is 1.94. The van der Waals surface area contributed by atoms with Gasteiger partial charge in [0.25, 0.3) is 0 Å². The molecule has 0 aliphatic heterocycles. The van der Waals surface area contributed by atoms with Crippen molar-refractivity contribution in [3.63, 3.8) is 0 Å². The Morgan fingerprint density at radius 3 is 2.33 bits per heavy atom. The summed E-state index contributed by atoms with van der Waals surface area (Å²) >= 11 is 5.88. The van der Waals surface area contributed by atoms with E-state index in [-0.39, 0.29) is 23.9 Å². The number of amides is 1. The van der Waals surface area contributed by atoms with Crippen LogP contribution in [0, 0.1) is 5.41 Å². The van der Waals surface area contributed by atoms with Gasteiger partial charge in [0.05, 0.1) is 12.6 Å². The predicted molar refractivity (Wildman–Crippen MR) is 75.5 cm³/mol. The summed E-state index contributed by atoms with van der Waals surface area (Å²) in [6.07, 6.45) is 0.848. The molecule has 100 valence electrons. The molecule has 0 aliphatic rings. The van der Waals surface area contributed by atoms with Crippen LogP contribution >= 0.6 is 11.6 Å². The molecular formula is C14H21ClN2O. The second-order valence-corrected chi connectivity index (χ2v) is 6.08. The van der Waals surface area contributed by atoms with Gasteiger partial charge in [-0.1, -0.05) is 44.5 Å². The zero-order valence-corrected chi connectivity index (χ0v) is 11.9. The molecule has 0 spiro atoms. The maximum absolute atomic E-state index is 11.5. The van der Waals surface area contributed by atoms with E-state index in [4.69, 9.17) is 17.3 Å². The summed E-state index contributed by atoms with van der Waals surface area (Å²) in [7, 11) is 0. The maximum Gasteiger partial charge on any atom is 0.234 e. The average Bonchev–Trinajstić information content (AvgIpc) is 2.27. The minimum atomic E-state index is -0.140. The Morgan fingerprint density at radius 2 is 1.89 bits per heavy atom. The zero-order valence-electron chi connectivity index (χ0n) is 11.2. The number of halogens is 1. The van der Waals surface area contributed by atoms with Gasteiger partial charge in [0.1, 0.15) is 0 Å². The Bertz CT molecular complexity index is 395. The van der Waals surface area contributed by atoms with Gasteiger partial charge >= 0.3 is 0 Å². The van der Waals surface area contributed by atoms with E-state index in [0.29, 0.717) is 5.02 Å². The molecule has 1 aromatic rings. The van der Waals surface area contributed by atoms with Crippen LogP contribution in [0.1, 0.15) is 38.8 Å². The third-order valence-corrected chi connectivity index (χ3v) is 2.86. The van der Waals surface area contributed by atoms with Crippen LogP contribution in [0.2, 0.25) is 5.02 Å². The number of hydrogen-bond donors (Lipinski definition) is 2. The SMILES string of the molecule is CC(C)(C)CC(NC(=O)CN)c1ccc(Cl)cc1. The molecule has 3 N–H and O–H groups in total. The third-order valence-electron chi connectivity index (χ3n) is 2.61. The molecule has 0 fully saturated rings. The third kappa shape index (κ3) is 5.07. The highest BCUT2D eigenvalue weighted by Crippen LogP contribution is 2.29. The van der Waals surface area contributed by atoms with Gasteiger partial charge < -0.3 is 11.1 Å². The minimum Gasteiger partial charge on any atom is -0.348 e. The van der Waals surface area contributed by atoms with E-state index >= 15 is 0 Å². The van der Waals surface area contributed by atoms with Gasteiger partial charge in [-0.15, -0.1) is 0 Å². The van der Waals surface area contributed by atoms with E-state index in [9.17, 15) is 4.79 Å². The first-order valence-corrected chi connectivity index (χ1v) is 6.44. The molecule has 0 saturated heterocycles. The molecule has 1 aromatic carbocycles. The van der Waals surface area contributed by atoms with Crippen LogP contribution in [0.5, 0.6) is 0 Å². The Hall–Kier alpha value is -1.06. The number of nitrogens with two attached hydrogens (primary N) is 1. The first-order chi connectivity index (χ1) is 8.31. The van der Waals surface area contributed by atoms with Crippen molar-refractivity contribution in [1.82, 2.24) is 5.32 Å². The highest BCUT2D eigenvalue weighted by atomic mass is 35.5. The lowest BCUT2D eigenvalue weighted by Gasteiger charge is -2.27. The summed E-state index contributed by atoms with van der Waals surface area (Å²) < 4.78 is 0. The molecule has 1 amide bonds. The van der Waals surface area contributed by atoms with Crippen molar-refractivity contribution < 1.29 is 4.79 Å². The quantitative estimate of drug-likeness (QED) is 0.882. The van der Waals surface area contributed by atoms with E-state index < -0.39 is 0 Å². The zero-order chi connectivity index (χ0) is 13.8. The average molecular weight is 269 g/mol. The Balaban J connectivity index is 2.89. The molecule has 0 aliphatic carbocycles. The van der Waals surface area contributed by atoms with Crippen LogP contribution in [0.15, 0.2) is 24.3 Å². The number of carbonyl (C=O) groups is 1. The molecule has 18 heavy (non-hydrogen) atoms. The van der Waals surface area contributed by atoms with E-state index in [1.807, 2.05) is 24.3 Å². The smallest absolute Gasteiger partial charge is 0.234 e. The number of carbonyl (C=O) groups excluding carboxylic acids is 1. The number of benzene rings is 1. The van der Waals surface area contributed by atoms with Crippen LogP contribution in [-0.4, -0.2) is 12.5 Å². The van der Waals surface area contributed by atoms with Gasteiger partial charge in [-0.25, -0.2) is 0 Å². The summed E-state index contributed by atoms with van der Waals surface area (Å²) in [4.78, 5) is 11.5. The number of nitrogens with one attached hydrogen (secondary N) is 1. The highest BCUT2D eigenvalue weighted by Gasteiger charge is 2.21. The molecule has 0 radical (unpaired) electrons. The Morgan fingerprint density at radius 1 is 1.33 bits per heavy atom. The fourth-order valence-electron chi connectivity index (χ4n) is 1.81. The molecule has 1 unspecified atom stereocenters. The topological polar surface area (TPSA) is 55.1 Å². The second kappa shape index (κ2) is 6.21. The second-order valence-electron chi connectivity index (χ2n) is 5.64. The van der Waals surface area contributed by atoms with Gasteiger partial charge in [-0.05, 0) is 29.5 Å². The molecule has 1 rings (SSSR count). The van der Waals surface area contributed by atoms with E-state index in [1.165, 1.54) is 0 Å². The van der Waals surface area contributed by atoms with Gasteiger partial charge in [0.15, 0.2) is 0 Å². The lowest BCUT2D eigenvalue weighted by Crippen LogP contribution is -2.35. The van der Waals surface area contributed by atoms with Crippen LogP contribution in [0.25, 0.3) is 0 Å². The predicted octanol–water partition coefficient (Wildman–Crippen LogP) is 2.89. The first-order valence-electron chi connectivity index (χ1n) is 6.07. The summed E-state index contributed by atoms with van der Waals surface area (Å²) in [5.41, 5.74) is 6.52. The normalized spacial score (nSPS) is 13.2.